The van der Waals surface area contributed by atoms with Gasteiger partial charge in [-0.3, -0.25) is 4.79 Å². The van der Waals surface area contributed by atoms with Crippen LogP contribution in [-0.2, 0) is 14.4 Å². The van der Waals surface area contributed by atoms with Gasteiger partial charge in [0.25, 0.3) is 0 Å². The molecular formula is C11H19NO7. The molecule has 0 bridgehead atoms. The van der Waals surface area contributed by atoms with Crippen molar-refractivity contribution in [2.75, 3.05) is 13.2 Å². The minimum atomic E-state index is -0.981. The molecule has 110 valence electrons. The third-order valence-corrected chi connectivity index (χ3v) is 0.650. The maximum atomic E-state index is 9.47. The molecule has 0 fully saturated rings. The fourth-order valence-electron chi connectivity index (χ4n) is 0. The summed E-state index contributed by atoms with van der Waals surface area (Å²) in [4.78, 5) is 28.0. The van der Waals surface area contributed by atoms with Gasteiger partial charge in [0.1, 0.15) is 0 Å². The first-order valence-electron chi connectivity index (χ1n) is 4.57. The zero-order valence-electron chi connectivity index (χ0n) is 10.4. The molecule has 0 atom stereocenters. The van der Waals surface area contributed by atoms with Crippen LogP contribution < -0.4 is 5.73 Å². The lowest BCUT2D eigenvalue weighted by Gasteiger charge is -1.70. The number of hydrogen-bond donors (Lipinski definition) is 5. The van der Waals surface area contributed by atoms with E-state index in [4.69, 9.17) is 20.4 Å². The average Bonchev–Trinajstić information content (AvgIpc) is 2.40. The number of carboxylic acids is 2. The van der Waals surface area contributed by atoms with Crippen LogP contribution in [0.5, 0.6) is 0 Å². The Kier molecular flexibility index (Phi) is 33.0. The van der Waals surface area contributed by atoms with Crippen molar-refractivity contribution < 1.29 is 34.8 Å². The largest absolute Gasteiger partial charge is 0.478 e. The third kappa shape index (κ3) is 138. The highest BCUT2D eigenvalue weighted by Gasteiger charge is 1.74. The van der Waals surface area contributed by atoms with Crippen molar-refractivity contribution in [2.24, 2.45) is 5.73 Å². The number of nitrogens with two attached hydrogens (primary N) is 1. The molecule has 8 heteroatoms. The van der Waals surface area contributed by atoms with Gasteiger partial charge in [-0.1, -0.05) is 19.7 Å². The summed E-state index contributed by atoms with van der Waals surface area (Å²) in [6.07, 6.45) is 2.72. The maximum absolute atomic E-state index is 9.47. The van der Waals surface area contributed by atoms with Crippen LogP contribution in [0.2, 0.25) is 0 Å². The zero-order valence-corrected chi connectivity index (χ0v) is 10.4. The predicted molar refractivity (Wildman–Crippen MR) is 69.2 cm³/mol. The Labute approximate surface area is 110 Å². The molecule has 0 radical (unpaired) electrons. The van der Waals surface area contributed by atoms with E-state index in [0.717, 1.165) is 18.2 Å². The third-order valence-electron chi connectivity index (χ3n) is 0.650. The van der Waals surface area contributed by atoms with E-state index in [0.29, 0.717) is 0 Å². The van der Waals surface area contributed by atoms with E-state index in [9.17, 15) is 14.4 Å². The van der Waals surface area contributed by atoms with Crippen LogP contribution in [0.15, 0.2) is 38.0 Å². The molecule has 0 aromatic rings. The van der Waals surface area contributed by atoms with E-state index < -0.39 is 17.8 Å². The monoisotopic (exact) mass is 277 g/mol. The van der Waals surface area contributed by atoms with Gasteiger partial charge in [0, 0.05) is 12.2 Å². The molecule has 0 heterocycles. The number of carbonyl (C=O) groups excluding carboxylic acids is 1. The number of carbonyl (C=O) groups is 3. The van der Waals surface area contributed by atoms with E-state index in [2.05, 4.69) is 25.5 Å². The lowest BCUT2D eigenvalue weighted by molar-refractivity contribution is -0.132. The molecule has 0 aliphatic heterocycles. The number of carboxylic acid groups (broad SMARTS) is 2. The molecule has 0 rings (SSSR count). The Bertz CT molecular complexity index is 242. The number of rotatable bonds is 4. The molecule has 0 saturated heterocycles. The molecule has 0 unspecified atom stereocenters. The van der Waals surface area contributed by atoms with E-state index in [-0.39, 0.29) is 13.2 Å². The quantitative estimate of drug-likeness (QED) is 0.418. The van der Waals surface area contributed by atoms with Gasteiger partial charge in [-0.25, -0.2) is 9.59 Å². The molecule has 0 aromatic heterocycles. The highest BCUT2D eigenvalue weighted by atomic mass is 16.4. The molecule has 19 heavy (non-hydrogen) atoms. The highest BCUT2D eigenvalue weighted by molar-refractivity contribution is 5.85. The SMILES string of the molecule is C=CC(=O)O.C=CC(=O)O.C=CC(N)=O.OCCO. The number of aliphatic carboxylic acids is 2. The fourth-order valence-corrected chi connectivity index (χ4v) is 0. The van der Waals surface area contributed by atoms with Gasteiger partial charge in [-0.2, -0.15) is 0 Å². The smallest absolute Gasteiger partial charge is 0.327 e. The molecule has 8 nitrogen and oxygen atoms in total. The summed E-state index contributed by atoms with van der Waals surface area (Å²) in [5.41, 5.74) is 4.53. The lowest BCUT2D eigenvalue weighted by atomic mass is 10.6. The molecule has 0 aromatic carbocycles. The van der Waals surface area contributed by atoms with Gasteiger partial charge in [0.2, 0.25) is 5.91 Å². The van der Waals surface area contributed by atoms with E-state index >= 15 is 0 Å². The minimum Gasteiger partial charge on any atom is -0.478 e. The summed E-state index contributed by atoms with van der Waals surface area (Å²) >= 11 is 0. The van der Waals surface area contributed by atoms with Crippen LogP contribution in [0, 0.1) is 0 Å². The van der Waals surface area contributed by atoms with Crippen molar-refractivity contribution in [1.29, 1.82) is 0 Å². The van der Waals surface area contributed by atoms with Crippen molar-refractivity contribution >= 4 is 17.8 Å². The predicted octanol–water partition coefficient (Wildman–Crippen LogP) is -0.857. The first-order valence-corrected chi connectivity index (χ1v) is 4.57. The van der Waals surface area contributed by atoms with Crippen molar-refractivity contribution in [1.82, 2.24) is 0 Å². The van der Waals surface area contributed by atoms with Crippen molar-refractivity contribution in [3.05, 3.63) is 38.0 Å². The lowest BCUT2D eigenvalue weighted by Crippen LogP contribution is -2.04. The topological polar surface area (TPSA) is 158 Å². The Morgan fingerprint density at radius 2 is 1.00 bits per heavy atom. The molecule has 0 aliphatic carbocycles. The normalized spacial score (nSPS) is 6.63. The number of aliphatic hydroxyl groups is 2. The molecular weight excluding hydrogens is 258 g/mol. The Hall–Kier alpha value is -2.45. The van der Waals surface area contributed by atoms with Gasteiger partial charge in [0.15, 0.2) is 0 Å². The summed E-state index contributed by atoms with van der Waals surface area (Å²) < 4.78 is 0. The standard InChI is InChI=1S/C3H5NO.2C3H4O2.C2H6O2/c3*1-2-3(4)5;3-1-2-4/h2H,1H2,(H2,4,5);2*2H,1H2,(H,4,5);3-4H,1-2H2. The Morgan fingerprint density at radius 1 is 0.842 bits per heavy atom. The van der Waals surface area contributed by atoms with Gasteiger partial charge in [-0.05, 0) is 6.08 Å². The van der Waals surface area contributed by atoms with Crippen LogP contribution in [0.3, 0.4) is 0 Å². The van der Waals surface area contributed by atoms with Gasteiger partial charge < -0.3 is 26.2 Å². The molecule has 1 amide bonds. The molecule has 0 spiro atoms. The van der Waals surface area contributed by atoms with Crippen LogP contribution in [0.4, 0.5) is 0 Å². The van der Waals surface area contributed by atoms with Crippen LogP contribution in [0.1, 0.15) is 0 Å². The van der Waals surface area contributed by atoms with E-state index in [1.54, 1.807) is 0 Å². The minimum absolute atomic E-state index is 0.125. The Balaban J connectivity index is -0.0000000793. The summed E-state index contributed by atoms with van der Waals surface area (Å²) in [7, 11) is 0. The summed E-state index contributed by atoms with van der Waals surface area (Å²) in [6, 6.07) is 0. The van der Waals surface area contributed by atoms with Gasteiger partial charge >= 0.3 is 11.9 Å². The van der Waals surface area contributed by atoms with E-state index in [1.807, 2.05) is 0 Å². The molecule has 6 N–H and O–H groups in total. The zero-order chi connectivity index (χ0) is 16.3. The summed E-state index contributed by atoms with van der Waals surface area (Å²) in [6.45, 7) is 8.76. The first-order chi connectivity index (χ1) is 8.72. The number of amides is 1. The number of primary amides is 1. The summed E-state index contributed by atoms with van der Waals surface area (Å²) in [5, 5.41) is 30.5. The van der Waals surface area contributed by atoms with Crippen molar-refractivity contribution in [3.63, 3.8) is 0 Å². The second-order valence-corrected chi connectivity index (χ2v) is 2.14. The van der Waals surface area contributed by atoms with Crippen molar-refractivity contribution in [2.45, 2.75) is 0 Å². The second-order valence-electron chi connectivity index (χ2n) is 2.14. The first kappa shape index (κ1) is 25.4. The van der Waals surface area contributed by atoms with Crippen LogP contribution in [-0.4, -0.2) is 51.5 Å². The number of aliphatic hydroxyl groups excluding tert-OH is 2. The number of hydrogen-bond acceptors (Lipinski definition) is 5. The fraction of sp³-hybridized carbons (Fsp3) is 0.182. The van der Waals surface area contributed by atoms with Gasteiger partial charge in [0.05, 0.1) is 13.2 Å². The Morgan fingerprint density at radius 3 is 1.00 bits per heavy atom. The average molecular weight is 277 g/mol. The summed E-state index contributed by atoms with van der Waals surface area (Å²) in [5.74, 6) is -2.44. The molecule has 0 aliphatic rings. The highest BCUT2D eigenvalue weighted by Crippen LogP contribution is 1.55. The van der Waals surface area contributed by atoms with Crippen LogP contribution in [0.25, 0.3) is 0 Å². The van der Waals surface area contributed by atoms with E-state index in [1.165, 1.54) is 0 Å². The van der Waals surface area contributed by atoms with Crippen molar-refractivity contribution in [3.8, 4) is 0 Å². The molecule has 0 saturated carbocycles. The van der Waals surface area contributed by atoms with Crippen LogP contribution >= 0.6 is 0 Å². The second kappa shape index (κ2) is 24.7. The maximum Gasteiger partial charge on any atom is 0.327 e. The van der Waals surface area contributed by atoms with Gasteiger partial charge in [-0.15, -0.1) is 0 Å².